The number of rotatable bonds is 7. The highest BCUT2D eigenvalue weighted by Crippen LogP contribution is 2.23. The monoisotopic (exact) mass is 318 g/mol. The van der Waals surface area contributed by atoms with Gasteiger partial charge in [0.1, 0.15) is 5.82 Å². The zero-order chi connectivity index (χ0) is 16.3. The number of benzene rings is 1. The predicted octanol–water partition coefficient (Wildman–Crippen LogP) is 2.06. The fourth-order valence-electron chi connectivity index (χ4n) is 1.67. The van der Waals surface area contributed by atoms with Crippen LogP contribution in [0.4, 0.5) is 10.1 Å². The van der Waals surface area contributed by atoms with Crippen molar-refractivity contribution in [2.45, 2.75) is 32.1 Å². The lowest BCUT2D eigenvalue weighted by Gasteiger charge is -2.24. The van der Waals surface area contributed by atoms with Gasteiger partial charge >= 0.3 is 0 Å². The summed E-state index contributed by atoms with van der Waals surface area (Å²) in [5, 5.41) is 0. The Morgan fingerprint density at radius 1 is 1.38 bits per heavy atom. The summed E-state index contributed by atoms with van der Waals surface area (Å²) in [5.74, 6) is -0.631. The highest BCUT2D eigenvalue weighted by molar-refractivity contribution is 7.89. The first-order valence-electron chi connectivity index (χ1n) is 6.63. The first kappa shape index (κ1) is 17.9. The summed E-state index contributed by atoms with van der Waals surface area (Å²) >= 11 is 0. The summed E-state index contributed by atoms with van der Waals surface area (Å²) in [7, 11) is -2.20. The molecule has 0 unspecified atom stereocenters. The fourth-order valence-corrected chi connectivity index (χ4v) is 2.96. The molecular weight excluding hydrogens is 295 g/mol. The van der Waals surface area contributed by atoms with E-state index in [1.54, 1.807) is 7.11 Å². The Hall–Kier alpha value is -1.18. The van der Waals surface area contributed by atoms with E-state index >= 15 is 0 Å². The Kier molecular flexibility index (Phi) is 5.72. The van der Waals surface area contributed by atoms with Crippen LogP contribution in [0.2, 0.25) is 0 Å². The minimum Gasteiger partial charge on any atom is -0.398 e. The van der Waals surface area contributed by atoms with Gasteiger partial charge in [-0.15, -0.1) is 0 Å². The molecule has 1 aromatic rings. The maximum Gasteiger partial charge on any atom is 0.240 e. The summed E-state index contributed by atoms with van der Waals surface area (Å²) in [6.45, 7) is 6.13. The maximum absolute atomic E-state index is 13.6. The molecule has 5 nitrogen and oxygen atoms in total. The molecule has 0 aliphatic carbocycles. The van der Waals surface area contributed by atoms with Gasteiger partial charge in [0.2, 0.25) is 10.0 Å². The SMILES string of the molecule is COCCC(C)(C)CNS(=O)(=O)c1cc(N)c(C)c(F)c1. The number of hydrogen-bond donors (Lipinski definition) is 2. The highest BCUT2D eigenvalue weighted by atomic mass is 32.2. The van der Waals surface area contributed by atoms with Crippen molar-refractivity contribution >= 4 is 15.7 Å². The Balaban J connectivity index is 2.88. The van der Waals surface area contributed by atoms with Crippen LogP contribution >= 0.6 is 0 Å². The average molecular weight is 318 g/mol. The van der Waals surface area contributed by atoms with E-state index in [9.17, 15) is 12.8 Å². The van der Waals surface area contributed by atoms with Crippen molar-refractivity contribution in [2.24, 2.45) is 5.41 Å². The molecule has 0 saturated heterocycles. The largest absolute Gasteiger partial charge is 0.398 e. The van der Waals surface area contributed by atoms with E-state index in [4.69, 9.17) is 10.5 Å². The van der Waals surface area contributed by atoms with Gasteiger partial charge in [0.05, 0.1) is 4.90 Å². The molecule has 0 radical (unpaired) electrons. The van der Waals surface area contributed by atoms with E-state index in [-0.39, 0.29) is 28.1 Å². The van der Waals surface area contributed by atoms with Crippen LogP contribution in [-0.2, 0) is 14.8 Å². The second kappa shape index (κ2) is 6.72. The quantitative estimate of drug-likeness (QED) is 0.754. The van der Waals surface area contributed by atoms with Gasteiger partial charge < -0.3 is 10.5 Å². The van der Waals surface area contributed by atoms with E-state index in [0.29, 0.717) is 13.0 Å². The lowest BCUT2D eigenvalue weighted by atomic mass is 9.90. The second-order valence-corrected chi connectivity index (χ2v) is 7.62. The molecule has 0 atom stereocenters. The molecule has 0 amide bonds. The van der Waals surface area contributed by atoms with Crippen molar-refractivity contribution in [3.05, 3.63) is 23.5 Å². The Morgan fingerprint density at radius 3 is 2.52 bits per heavy atom. The van der Waals surface area contributed by atoms with Crippen LogP contribution < -0.4 is 10.5 Å². The highest BCUT2D eigenvalue weighted by Gasteiger charge is 2.23. The minimum atomic E-state index is -3.79. The van der Waals surface area contributed by atoms with Crippen molar-refractivity contribution < 1.29 is 17.5 Å². The summed E-state index contributed by atoms with van der Waals surface area (Å²) in [6, 6.07) is 2.25. The van der Waals surface area contributed by atoms with E-state index in [0.717, 1.165) is 6.07 Å². The van der Waals surface area contributed by atoms with Crippen molar-refractivity contribution in [3.8, 4) is 0 Å². The molecule has 1 aromatic carbocycles. The van der Waals surface area contributed by atoms with Gasteiger partial charge in [-0.1, -0.05) is 13.8 Å². The molecule has 0 fully saturated rings. The van der Waals surface area contributed by atoms with Crippen molar-refractivity contribution in [1.29, 1.82) is 0 Å². The molecule has 7 heteroatoms. The van der Waals surface area contributed by atoms with E-state index < -0.39 is 15.8 Å². The number of nitrogens with two attached hydrogens (primary N) is 1. The number of sulfonamides is 1. The third kappa shape index (κ3) is 4.94. The summed E-state index contributed by atoms with van der Waals surface area (Å²) in [4.78, 5) is -0.161. The van der Waals surface area contributed by atoms with E-state index in [1.807, 2.05) is 13.8 Å². The smallest absolute Gasteiger partial charge is 0.240 e. The molecule has 0 heterocycles. The third-order valence-electron chi connectivity index (χ3n) is 3.39. The first-order valence-corrected chi connectivity index (χ1v) is 8.11. The van der Waals surface area contributed by atoms with E-state index in [1.165, 1.54) is 13.0 Å². The van der Waals surface area contributed by atoms with Gasteiger partial charge in [-0.3, -0.25) is 0 Å². The van der Waals surface area contributed by atoms with Crippen LogP contribution in [0.15, 0.2) is 17.0 Å². The van der Waals surface area contributed by atoms with Gasteiger partial charge in [0, 0.05) is 31.5 Å². The molecule has 21 heavy (non-hydrogen) atoms. The standard InChI is InChI=1S/C14H23FN2O3S/c1-10-12(15)7-11(8-13(10)16)21(18,19)17-9-14(2,3)5-6-20-4/h7-8,17H,5-6,9,16H2,1-4H3. The third-order valence-corrected chi connectivity index (χ3v) is 4.77. The number of halogens is 1. The number of ether oxygens (including phenoxy) is 1. The Labute approximate surface area is 125 Å². The number of anilines is 1. The lowest BCUT2D eigenvalue weighted by Crippen LogP contribution is -2.34. The van der Waals surface area contributed by atoms with Crippen LogP contribution in [-0.4, -0.2) is 28.7 Å². The summed E-state index contributed by atoms with van der Waals surface area (Å²) < 4.78 is 45.5. The lowest BCUT2D eigenvalue weighted by molar-refractivity contribution is 0.153. The molecule has 3 N–H and O–H groups in total. The van der Waals surface area contributed by atoms with Crippen LogP contribution in [0, 0.1) is 18.2 Å². The van der Waals surface area contributed by atoms with Gasteiger partial charge in [-0.05, 0) is 30.9 Å². The summed E-state index contributed by atoms with van der Waals surface area (Å²) in [5.41, 5.74) is 5.72. The predicted molar refractivity (Wildman–Crippen MR) is 81.0 cm³/mol. The maximum atomic E-state index is 13.6. The molecule has 0 saturated carbocycles. The van der Waals surface area contributed by atoms with Crippen LogP contribution in [0.25, 0.3) is 0 Å². The molecule has 0 aliphatic rings. The van der Waals surface area contributed by atoms with Crippen LogP contribution in [0.1, 0.15) is 25.8 Å². The number of hydrogen-bond acceptors (Lipinski definition) is 4. The van der Waals surface area contributed by atoms with Crippen LogP contribution in [0.5, 0.6) is 0 Å². The topological polar surface area (TPSA) is 81.4 Å². The molecule has 0 aliphatic heterocycles. The van der Waals surface area contributed by atoms with E-state index in [2.05, 4.69) is 4.72 Å². The van der Waals surface area contributed by atoms with Crippen molar-refractivity contribution in [3.63, 3.8) is 0 Å². The van der Waals surface area contributed by atoms with Crippen molar-refractivity contribution in [1.82, 2.24) is 4.72 Å². The van der Waals surface area contributed by atoms with Crippen molar-refractivity contribution in [2.75, 3.05) is 26.0 Å². The number of nitrogens with one attached hydrogen (secondary N) is 1. The summed E-state index contributed by atoms with van der Waals surface area (Å²) in [6.07, 6.45) is 0.705. The number of methoxy groups -OCH3 is 1. The second-order valence-electron chi connectivity index (χ2n) is 5.85. The minimum absolute atomic E-state index is 0.119. The molecule has 0 bridgehead atoms. The molecule has 0 aromatic heterocycles. The molecular formula is C14H23FN2O3S. The molecule has 0 spiro atoms. The van der Waals surface area contributed by atoms with Gasteiger partial charge in [-0.2, -0.15) is 0 Å². The van der Waals surface area contributed by atoms with Crippen LogP contribution in [0.3, 0.4) is 0 Å². The Morgan fingerprint density at radius 2 is 2.00 bits per heavy atom. The fraction of sp³-hybridized carbons (Fsp3) is 0.571. The van der Waals surface area contributed by atoms with Gasteiger partial charge in [0.15, 0.2) is 0 Å². The van der Waals surface area contributed by atoms with Gasteiger partial charge in [-0.25, -0.2) is 17.5 Å². The zero-order valence-electron chi connectivity index (χ0n) is 12.9. The number of nitrogen functional groups attached to an aromatic ring is 1. The first-order chi connectivity index (χ1) is 9.59. The zero-order valence-corrected chi connectivity index (χ0v) is 13.7. The Bertz CT molecular complexity index is 577. The molecule has 1 rings (SSSR count). The van der Waals surface area contributed by atoms with Gasteiger partial charge in [0.25, 0.3) is 0 Å². The average Bonchev–Trinajstić information content (AvgIpc) is 2.40. The molecule has 120 valence electrons. The normalized spacial score (nSPS) is 12.6.